The highest BCUT2D eigenvalue weighted by molar-refractivity contribution is 7.99. The van der Waals surface area contributed by atoms with Gasteiger partial charge in [-0.2, -0.15) is 0 Å². The summed E-state index contributed by atoms with van der Waals surface area (Å²) >= 11 is 1.26. The Hall–Kier alpha value is -2.35. The molecule has 0 bridgehead atoms. The zero-order valence-electron chi connectivity index (χ0n) is 17.1. The van der Waals surface area contributed by atoms with E-state index in [1.807, 2.05) is 18.2 Å². The summed E-state index contributed by atoms with van der Waals surface area (Å²) in [6.45, 7) is 3.15. The van der Waals surface area contributed by atoms with Crippen molar-refractivity contribution >= 4 is 34.5 Å². The van der Waals surface area contributed by atoms with Crippen LogP contribution in [0.25, 0.3) is 10.9 Å². The summed E-state index contributed by atoms with van der Waals surface area (Å²) in [5, 5.41) is 3.94. The topological polar surface area (TPSA) is 90.3 Å². The molecule has 0 spiro atoms. The number of fused-ring (bicyclic) bond motifs is 1. The van der Waals surface area contributed by atoms with Crippen LogP contribution in [0, 0.1) is 0 Å². The van der Waals surface area contributed by atoms with Crippen molar-refractivity contribution in [2.24, 2.45) is 0 Å². The van der Waals surface area contributed by atoms with Gasteiger partial charge in [-0.05, 0) is 25.0 Å². The fourth-order valence-electron chi connectivity index (χ4n) is 2.90. The second kappa shape index (κ2) is 12.3. The smallest absolute Gasteiger partial charge is 0.305 e. The number of carbonyl (C=O) groups excluding carboxylic acids is 2. The number of nitrogens with zero attached hydrogens (tertiary/aromatic N) is 2. The predicted octanol–water partition coefficient (Wildman–Crippen LogP) is 3.14. The molecular formula is C21H29N3O4S. The Morgan fingerprint density at radius 3 is 2.72 bits per heavy atom. The minimum atomic E-state index is -0.291. The fourth-order valence-corrected chi connectivity index (χ4v) is 3.75. The number of nitrogens with one attached hydrogen (secondary N) is 1. The van der Waals surface area contributed by atoms with Gasteiger partial charge in [0.2, 0.25) is 5.91 Å². The summed E-state index contributed by atoms with van der Waals surface area (Å²) in [5.74, 6) is -0.279. The fraction of sp³-hybridized carbons (Fsp3) is 0.524. The molecule has 29 heavy (non-hydrogen) atoms. The number of hydrogen-bond donors (Lipinski definition) is 1. The summed E-state index contributed by atoms with van der Waals surface area (Å²) < 4.78 is 6.26. The molecule has 1 amide bonds. The average Bonchev–Trinajstić information content (AvgIpc) is 2.74. The highest BCUT2D eigenvalue weighted by Crippen LogP contribution is 2.18. The van der Waals surface area contributed by atoms with Crippen molar-refractivity contribution in [3.8, 4) is 0 Å². The van der Waals surface area contributed by atoms with Crippen LogP contribution in [0.2, 0.25) is 0 Å². The van der Waals surface area contributed by atoms with Crippen LogP contribution in [0.1, 0.15) is 45.4 Å². The first kappa shape index (κ1) is 22.9. The molecule has 158 valence electrons. The molecule has 1 N–H and O–H groups in total. The summed E-state index contributed by atoms with van der Waals surface area (Å²) in [6, 6.07) is 7.29. The van der Waals surface area contributed by atoms with Crippen molar-refractivity contribution in [3.05, 3.63) is 34.6 Å². The molecule has 0 aliphatic carbocycles. The molecule has 0 atom stereocenters. The minimum Gasteiger partial charge on any atom is -0.469 e. The van der Waals surface area contributed by atoms with E-state index in [0.717, 1.165) is 25.7 Å². The predicted molar refractivity (Wildman–Crippen MR) is 115 cm³/mol. The summed E-state index contributed by atoms with van der Waals surface area (Å²) in [5.41, 5.74) is 0.580. The van der Waals surface area contributed by atoms with Gasteiger partial charge < -0.3 is 10.1 Å². The lowest BCUT2D eigenvalue weighted by Crippen LogP contribution is -2.28. The van der Waals surface area contributed by atoms with Crippen LogP contribution in [0.15, 0.2) is 34.2 Å². The molecule has 0 saturated carbocycles. The molecule has 2 rings (SSSR count). The molecule has 7 nitrogen and oxygen atoms in total. The molecule has 0 radical (unpaired) electrons. The third-order valence-corrected chi connectivity index (χ3v) is 5.48. The van der Waals surface area contributed by atoms with Crippen LogP contribution < -0.4 is 10.9 Å². The number of esters is 1. The van der Waals surface area contributed by atoms with Crippen molar-refractivity contribution in [2.45, 2.75) is 57.1 Å². The lowest BCUT2D eigenvalue weighted by molar-refractivity contribution is -0.140. The Labute approximate surface area is 175 Å². The molecular weight excluding hydrogens is 390 g/mol. The number of para-hydroxylation sites is 1. The maximum Gasteiger partial charge on any atom is 0.305 e. The van der Waals surface area contributed by atoms with Crippen LogP contribution in [0.5, 0.6) is 0 Å². The van der Waals surface area contributed by atoms with Gasteiger partial charge in [0.05, 0.1) is 23.8 Å². The van der Waals surface area contributed by atoms with E-state index in [4.69, 9.17) is 0 Å². The Kier molecular flexibility index (Phi) is 9.70. The van der Waals surface area contributed by atoms with Crippen LogP contribution in [-0.2, 0) is 20.9 Å². The van der Waals surface area contributed by atoms with Crippen LogP contribution in [-0.4, -0.2) is 40.8 Å². The van der Waals surface area contributed by atoms with Crippen molar-refractivity contribution in [2.75, 3.05) is 19.4 Å². The third-order valence-electron chi connectivity index (χ3n) is 4.50. The maximum absolute atomic E-state index is 12.9. The highest BCUT2D eigenvalue weighted by atomic mass is 32.2. The Balaban J connectivity index is 2.02. The first-order valence-corrected chi connectivity index (χ1v) is 11.0. The normalized spacial score (nSPS) is 10.8. The van der Waals surface area contributed by atoms with Gasteiger partial charge >= 0.3 is 5.97 Å². The lowest BCUT2D eigenvalue weighted by Gasteiger charge is -2.13. The number of ether oxygens (including phenoxy) is 1. The summed E-state index contributed by atoms with van der Waals surface area (Å²) in [7, 11) is 1.34. The SMILES string of the molecule is CCCCCCn1c(SCC(=O)NCCCC(=O)OC)nc2ccccc2c1=O. The van der Waals surface area contributed by atoms with Gasteiger partial charge in [0, 0.05) is 19.5 Å². The lowest BCUT2D eigenvalue weighted by atomic mass is 10.2. The zero-order valence-corrected chi connectivity index (χ0v) is 17.9. The monoisotopic (exact) mass is 419 g/mol. The summed E-state index contributed by atoms with van der Waals surface area (Å²) in [6.07, 6.45) is 5.02. The molecule has 0 aliphatic heterocycles. The van der Waals surface area contributed by atoms with E-state index in [1.165, 1.54) is 18.9 Å². The van der Waals surface area contributed by atoms with Gasteiger partial charge in [0.15, 0.2) is 5.16 Å². The molecule has 0 saturated heterocycles. The van der Waals surface area contributed by atoms with E-state index in [1.54, 1.807) is 10.6 Å². The van der Waals surface area contributed by atoms with Crippen molar-refractivity contribution < 1.29 is 14.3 Å². The zero-order chi connectivity index (χ0) is 21.1. The summed E-state index contributed by atoms with van der Waals surface area (Å²) in [4.78, 5) is 40.8. The number of methoxy groups -OCH3 is 1. The van der Waals surface area contributed by atoms with E-state index in [-0.39, 0.29) is 29.6 Å². The minimum absolute atomic E-state index is 0.0620. The van der Waals surface area contributed by atoms with Gasteiger partial charge in [-0.1, -0.05) is 50.1 Å². The second-order valence-electron chi connectivity index (χ2n) is 6.75. The number of unbranched alkanes of at least 4 members (excludes halogenated alkanes) is 3. The van der Waals surface area contributed by atoms with Crippen molar-refractivity contribution in [1.29, 1.82) is 0 Å². The third kappa shape index (κ3) is 7.20. The molecule has 0 unspecified atom stereocenters. The van der Waals surface area contributed by atoms with Crippen LogP contribution >= 0.6 is 11.8 Å². The Morgan fingerprint density at radius 2 is 1.97 bits per heavy atom. The van der Waals surface area contributed by atoms with E-state index in [9.17, 15) is 14.4 Å². The number of hydrogen-bond acceptors (Lipinski definition) is 6. The molecule has 1 heterocycles. The Bertz CT molecular complexity index is 882. The molecule has 1 aromatic heterocycles. The van der Waals surface area contributed by atoms with Crippen molar-refractivity contribution in [3.63, 3.8) is 0 Å². The van der Waals surface area contributed by atoms with Gasteiger partial charge in [-0.25, -0.2) is 4.98 Å². The molecule has 8 heteroatoms. The Morgan fingerprint density at radius 1 is 1.17 bits per heavy atom. The molecule has 0 fully saturated rings. The quantitative estimate of drug-likeness (QED) is 0.246. The van der Waals surface area contributed by atoms with Crippen LogP contribution in [0.3, 0.4) is 0 Å². The standard InChI is InChI=1S/C21H29N3O4S/c1-3-4-5-8-14-24-20(27)16-10-6-7-11-17(16)23-21(24)29-15-18(25)22-13-9-12-19(26)28-2/h6-7,10-11H,3-5,8-9,12-15H2,1-2H3,(H,22,25). The van der Waals surface area contributed by atoms with Crippen LogP contribution in [0.4, 0.5) is 0 Å². The first-order chi connectivity index (χ1) is 14.1. The van der Waals surface area contributed by atoms with E-state index in [2.05, 4.69) is 22.0 Å². The number of aromatic nitrogens is 2. The van der Waals surface area contributed by atoms with Crippen molar-refractivity contribution in [1.82, 2.24) is 14.9 Å². The van der Waals surface area contributed by atoms with E-state index < -0.39 is 0 Å². The number of rotatable bonds is 12. The van der Waals surface area contributed by atoms with Gasteiger partial charge in [0.1, 0.15) is 0 Å². The van der Waals surface area contributed by atoms with Gasteiger partial charge in [0.25, 0.3) is 5.56 Å². The average molecular weight is 420 g/mol. The second-order valence-corrected chi connectivity index (χ2v) is 7.69. The largest absolute Gasteiger partial charge is 0.469 e. The van der Waals surface area contributed by atoms with Gasteiger partial charge in [-0.15, -0.1) is 0 Å². The first-order valence-electron chi connectivity index (χ1n) is 10.0. The number of carbonyl (C=O) groups is 2. The van der Waals surface area contributed by atoms with E-state index >= 15 is 0 Å². The number of amides is 1. The number of benzene rings is 1. The van der Waals surface area contributed by atoms with E-state index in [0.29, 0.717) is 35.6 Å². The van der Waals surface area contributed by atoms with Gasteiger partial charge in [-0.3, -0.25) is 19.0 Å². The molecule has 1 aromatic carbocycles. The number of thioether (sulfide) groups is 1. The maximum atomic E-state index is 12.9. The highest BCUT2D eigenvalue weighted by Gasteiger charge is 2.13. The molecule has 2 aromatic rings. The molecule has 0 aliphatic rings.